The van der Waals surface area contributed by atoms with Crippen molar-refractivity contribution in [3.63, 3.8) is 0 Å². The summed E-state index contributed by atoms with van der Waals surface area (Å²) < 4.78 is 5.91. The van der Waals surface area contributed by atoms with Crippen LogP contribution in [0.3, 0.4) is 0 Å². The van der Waals surface area contributed by atoms with Crippen LogP contribution >= 0.6 is 0 Å². The number of hydrogen-bond donors (Lipinski definition) is 1. The molecule has 0 bridgehead atoms. The second-order valence-electron chi connectivity index (χ2n) is 9.63. The molecule has 2 aliphatic rings. The molecule has 0 aromatic heterocycles. The zero-order valence-corrected chi connectivity index (χ0v) is 19.6. The molecule has 0 saturated carbocycles. The van der Waals surface area contributed by atoms with Gasteiger partial charge < -0.3 is 15.0 Å². The third kappa shape index (κ3) is 6.45. The van der Waals surface area contributed by atoms with Crippen molar-refractivity contribution in [3.8, 4) is 5.75 Å². The molecule has 6 nitrogen and oxygen atoms in total. The van der Waals surface area contributed by atoms with Crippen molar-refractivity contribution in [2.24, 2.45) is 17.8 Å². The number of hydrogen-bond acceptors (Lipinski definition) is 4. The molecule has 2 aliphatic heterocycles. The molecule has 0 aliphatic carbocycles. The fraction of sp³-hybridized carbons (Fsp3) is 0.680. The van der Waals surface area contributed by atoms with E-state index in [-0.39, 0.29) is 23.8 Å². The lowest BCUT2D eigenvalue weighted by atomic mass is 10.0. The Bertz CT molecular complexity index is 724. The molecule has 6 heteroatoms. The first kappa shape index (κ1) is 23.6. The number of amides is 2. The van der Waals surface area contributed by atoms with Gasteiger partial charge in [-0.05, 0) is 48.3 Å². The van der Waals surface area contributed by atoms with Crippen molar-refractivity contribution < 1.29 is 14.3 Å². The van der Waals surface area contributed by atoms with Crippen LogP contribution in [0.15, 0.2) is 24.3 Å². The molecule has 2 fully saturated rings. The van der Waals surface area contributed by atoms with Gasteiger partial charge >= 0.3 is 0 Å². The number of rotatable bonds is 10. The van der Waals surface area contributed by atoms with Gasteiger partial charge in [0.2, 0.25) is 11.8 Å². The van der Waals surface area contributed by atoms with Crippen LogP contribution in [-0.2, 0) is 16.0 Å². The molecule has 3 rings (SSSR count). The molecule has 0 unspecified atom stereocenters. The van der Waals surface area contributed by atoms with E-state index in [1.807, 2.05) is 26.0 Å². The summed E-state index contributed by atoms with van der Waals surface area (Å²) in [5.74, 6) is 2.58. The molecule has 3 atom stereocenters. The number of nitrogens with one attached hydrogen (secondary N) is 1. The van der Waals surface area contributed by atoms with E-state index in [4.69, 9.17) is 4.74 Å². The van der Waals surface area contributed by atoms with E-state index in [9.17, 15) is 9.59 Å². The van der Waals surface area contributed by atoms with Gasteiger partial charge in [-0.1, -0.05) is 39.8 Å². The van der Waals surface area contributed by atoms with Crippen molar-refractivity contribution in [3.05, 3.63) is 29.8 Å². The fourth-order valence-corrected chi connectivity index (χ4v) is 4.68. The molecular weight excluding hydrogens is 390 g/mol. The second-order valence-corrected chi connectivity index (χ2v) is 9.63. The Morgan fingerprint density at radius 1 is 1.16 bits per heavy atom. The quantitative estimate of drug-likeness (QED) is 0.621. The van der Waals surface area contributed by atoms with Crippen molar-refractivity contribution in [1.82, 2.24) is 15.1 Å². The molecule has 2 amide bonds. The maximum atomic E-state index is 12.7. The van der Waals surface area contributed by atoms with Gasteiger partial charge in [0.1, 0.15) is 18.4 Å². The molecule has 172 valence electrons. The van der Waals surface area contributed by atoms with Crippen LogP contribution in [0, 0.1) is 17.8 Å². The van der Waals surface area contributed by atoms with Gasteiger partial charge in [-0.2, -0.15) is 0 Å². The highest BCUT2D eigenvalue weighted by molar-refractivity contribution is 5.88. The summed E-state index contributed by atoms with van der Waals surface area (Å²) in [6, 6.07) is 7.77. The summed E-state index contributed by atoms with van der Waals surface area (Å²) in [7, 11) is 0. The Labute approximate surface area is 187 Å². The first-order chi connectivity index (χ1) is 14.8. The standard InChI is InChI=1S/C25H39N3O3/c1-18(2)24(28-13-5-6-23(28)29)25(30)26-12-11-21-7-9-22(10-8-21)31-15-14-27-16-19(3)20(4)17-27/h7-10,18-20,24H,5-6,11-17H2,1-4H3,(H,26,30)/t19-,20+,24-/m1/s1. The summed E-state index contributed by atoms with van der Waals surface area (Å²) in [5, 5.41) is 3.03. The van der Waals surface area contributed by atoms with E-state index in [1.165, 1.54) is 13.1 Å². The molecule has 2 heterocycles. The minimum atomic E-state index is -0.368. The Morgan fingerprint density at radius 3 is 2.42 bits per heavy atom. The van der Waals surface area contributed by atoms with Crippen molar-refractivity contribution >= 4 is 11.8 Å². The van der Waals surface area contributed by atoms with Gasteiger partial charge in [0.15, 0.2) is 0 Å². The lowest BCUT2D eigenvalue weighted by Gasteiger charge is -2.29. The zero-order chi connectivity index (χ0) is 22.4. The summed E-state index contributed by atoms with van der Waals surface area (Å²) in [6.45, 7) is 13.9. The highest BCUT2D eigenvalue weighted by Crippen LogP contribution is 2.22. The fourth-order valence-electron chi connectivity index (χ4n) is 4.68. The summed E-state index contributed by atoms with van der Waals surface area (Å²) in [4.78, 5) is 29.0. The predicted molar refractivity (Wildman–Crippen MR) is 123 cm³/mol. The van der Waals surface area contributed by atoms with Crippen LogP contribution < -0.4 is 10.1 Å². The van der Waals surface area contributed by atoms with Gasteiger partial charge in [-0.15, -0.1) is 0 Å². The van der Waals surface area contributed by atoms with E-state index in [0.717, 1.165) is 42.5 Å². The molecule has 1 N–H and O–H groups in total. The zero-order valence-electron chi connectivity index (χ0n) is 19.6. The van der Waals surface area contributed by atoms with Gasteiger partial charge in [0.05, 0.1) is 0 Å². The first-order valence-corrected chi connectivity index (χ1v) is 11.9. The topological polar surface area (TPSA) is 61.9 Å². The average molecular weight is 430 g/mol. The Kier molecular flexibility index (Phi) is 8.35. The maximum absolute atomic E-state index is 12.7. The largest absolute Gasteiger partial charge is 0.492 e. The van der Waals surface area contributed by atoms with Crippen molar-refractivity contribution in [1.29, 1.82) is 0 Å². The number of benzene rings is 1. The normalized spacial score (nSPS) is 22.9. The highest BCUT2D eigenvalue weighted by atomic mass is 16.5. The summed E-state index contributed by atoms with van der Waals surface area (Å²) in [5.41, 5.74) is 1.16. The van der Waals surface area contributed by atoms with Gasteiger partial charge in [-0.3, -0.25) is 14.5 Å². The monoisotopic (exact) mass is 429 g/mol. The molecule has 0 spiro atoms. The molecule has 31 heavy (non-hydrogen) atoms. The lowest BCUT2D eigenvalue weighted by molar-refractivity contribution is -0.139. The molecule has 2 saturated heterocycles. The number of nitrogens with zero attached hydrogens (tertiary/aromatic N) is 2. The Balaban J connectivity index is 1.38. The summed E-state index contributed by atoms with van der Waals surface area (Å²) in [6.07, 6.45) is 2.16. The van der Waals surface area contributed by atoms with Crippen LogP contribution in [0.4, 0.5) is 0 Å². The lowest BCUT2D eigenvalue weighted by Crippen LogP contribution is -2.50. The molecular formula is C25H39N3O3. The molecule has 1 aromatic carbocycles. The number of carbonyl (C=O) groups is 2. The van der Waals surface area contributed by atoms with Gasteiger partial charge in [0.25, 0.3) is 0 Å². The van der Waals surface area contributed by atoms with E-state index >= 15 is 0 Å². The SMILES string of the molecule is CC(C)[C@H](C(=O)NCCc1ccc(OCCN2C[C@@H](C)[C@@H](C)C2)cc1)N1CCCC1=O. The predicted octanol–water partition coefficient (Wildman–Crippen LogP) is 2.96. The van der Waals surface area contributed by atoms with E-state index in [0.29, 0.717) is 26.1 Å². The Morgan fingerprint density at radius 2 is 1.84 bits per heavy atom. The molecule has 0 radical (unpaired) electrons. The number of likely N-dealkylation sites (tertiary alicyclic amines) is 2. The second kappa shape index (κ2) is 11.0. The van der Waals surface area contributed by atoms with Crippen LogP contribution in [0.5, 0.6) is 5.75 Å². The summed E-state index contributed by atoms with van der Waals surface area (Å²) >= 11 is 0. The van der Waals surface area contributed by atoms with Crippen molar-refractivity contribution in [2.45, 2.75) is 53.0 Å². The minimum Gasteiger partial charge on any atom is -0.492 e. The van der Waals surface area contributed by atoms with Gasteiger partial charge in [-0.25, -0.2) is 0 Å². The van der Waals surface area contributed by atoms with Crippen LogP contribution in [0.1, 0.15) is 46.1 Å². The van der Waals surface area contributed by atoms with E-state index < -0.39 is 0 Å². The van der Waals surface area contributed by atoms with E-state index in [2.05, 4.69) is 36.2 Å². The third-order valence-electron chi connectivity index (χ3n) is 6.72. The number of carbonyl (C=O) groups excluding carboxylic acids is 2. The average Bonchev–Trinajstić information content (AvgIpc) is 3.28. The minimum absolute atomic E-state index is 0.0456. The van der Waals surface area contributed by atoms with Crippen LogP contribution in [-0.4, -0.2) is 67.0 Å². The third-order valence-corrected chi connectivity index (χ3v) is 6.72. The Hall–Kier alpha value is -2.08. The van der Waals surface area contributed by atoms with Gasteiger partial charge in [0, 0.05) is 39.1 Å². The van der Waals surface area contributed by atoms with Crippen LogP contribution in [0.2, 0.25) is 0 Å². The highest BCUT2D eigenvalue weighted by Gasteiger charge is 2.34. The molecule has 1 aromatic rings. The van der Waals surface area contributed by atoms with E-state index in [1.54, 1.807) is 4.90 Å². The smallest absolute Gasteiger partial charge is 0.243 e. The number of ether oxygens (including phenoxy) is 1. The van der Waals surface area contributed by atoms with Crippen LogP contribution in [0.25, 0.3) is 0 Å². The van der Waals surface area contributed by atoms with Crippen molar-refractivity contribution in [2.75, 3.05) is 39.3 Å². The maximum Gasteiger partial charge on any atom is 0.243 e. The first-order valence-electron chi connectivity index (χ1n) is 11.9.